The fraction of sp³-hybridized carbons (Fsp3) is 0.474. The van der Waals surface area contributed by atoms with Crippen molar-refractivity contribution in [3.63, 3.8) is 0 Å². The molecule has 0 bridgehead atoms. The van der Waals surface area contributed by atoms with Crippen molar-refractivity contribution < 1.29 is 14.2 Å². The molecule has 1 fully saturated rings. The van der Waals surface area contributed by atoms with Crippen molar-refractivity contribution in [2.75, 3.05) is 0 Å². The number of aromatic nitrogens is 2. The van der Waals surface area contributed by atoms with Crippen LogP contribution in [0.1, 0.15) is 61.9 Å². The Kier molecular flexibility index (Phi) is 4.95. The van der Waals surface area contributed by atoms with Crippen LogP contribution in [0.3, 0.4) is 0 Å². The SMILES string of the molecule is O=C(Cc1noc(C2=NO[C@H](c3ccccc3)C2)n1)NC1CCCCC1. The summed E-state index contributed by atoms with van der Waals surface area (Å²) in [6, 6.07) is 10.2. The highest BCUT2D eigenvalue weighted by Gasteiger charge is 2.27. The maximum atomic E-state index is 12.2. The number of rotatable bonds is 5. The van der Waals surface area contributed by atoms with Crippen LogP contribution < -0.4 is 5.32 Å². The highest BCUT2D eigenvalue weighted by atomic mass is 16.6. The average Bonchev–Trinajstić information content (AvgIpc) is 3.32. The van der Waals surface area contributed by atoms with Crippen molar-refractivity contribution in [2.45, 2.75) is 57.1 Å². The van der Waals surface area contributed by atoms with Gasteiger partial charge in [-0.1, -0.05) is 59.9 Å². The molecule has 0 spiro atoms. The van der Waals surface area contributed by atoms with E-state index in [1.165, 1.54) is 19.3 Å². The zero-order valence-corrected chi connectivity index (χ0v) is 14.6. The van der Waals surface area contributed by atoms with Crippen LogP contribution in [0.25, 0.3) is 0 Å². The normalized spacial score (nSPS) is 20.5. The molecule has 2 aromatic rings. The molecule has 7 nitrogen and oxygen atoms in total. The van der Waals surface area contributed by atoms with Gasteiger partial charge in [-0.25, -0.2) is 0 Å². The zero-order valence-electron chi connectivity index (χ0n) is 14.6. The van der Waals surface area contributed by atoms with E-state index in [-0.39, 0.29) is 24.5 Å². The maximum Gasteiger partial charge on any atom is 0.275 e. The number of hydrogen-bond donors (Lipinski definition) is 1. The van der Waals surface area contributed by atoms with Gasteiger partial charge in [0.2, 0.25) is 5.91 Å². The molecular weight excluding hydrogens is 332 g/mol. The summed E-state index contributed by atoms with van der Waals surface area (Å²) in [5.74, 6) is 0.638. The molecule has 1 aliphatic carbocycles. The van der Waals surface area contributed by atoms with Gasteiger partial charge in [0, 0.05) is 12.5 Å². The van der Waals surface area contributed by atoms with Gasteiger partial charge in [-0.15, -0.1) is 0 Å². The molecule has 4 rings (SSSR count). The summed E-state index contributed by atoms with van der Waals surface area (Å²) < 4.78 is 5.27. The summed E-state index contributed by atoms with van der Waals surface area (Å²) in [6.07, 6.45) is 6.28. The number of oxime groups is 1. The summed E-state index contributed by atoms with van der Waals surface area (Å²) in [5, 5.41) is 11.0. The lowest BCUT2D eigenvalue weighted by molar-refractivity contribution is -0.121. The fourth-order valence-corrected chi connectivity index (χ4v) is 3.46. The molecule has 0 radical (unpaired) electrons. The van der Waals surface area contributed by atoms with Gasteiger partial charge in [-0.05, 0) is 18.4 Å². The van der Waals surface area contributed by atoms with Crippen molar-refractivity contribution in [2.24, 2.45) is 5.16 Å². The van der Waals surface area contributed by atoms with Crippen molar-refractivity contribution in [1.82, 2.24) is 15.5 Å². The molecule has 0 unspecified atom stereocenters. The summed E-state index contributed by atoms with van der Waals surface area (Å²) in [6.45, 7) is 0. The maximum absolute atomic E-state index is 12.2. The summed E-state index contributed by atoms with van der Waals surface area (Å²) >= 11 is 0. The molecular formula is C19H22N4O3. The topological polar surface area (TPSA) is 89.6 Å². The Morgan fingerprint density at radius 1 is 1.15 bits per heavy atom. The van der Waals surface area contributed by atoms with E-state index in [0.717, 1.165) is 18.4 Å². The van der Waals surface area contributed by atoms with E-state index in [9.17, 15) is 4.79 Å². The Bertz CT molecular complexity index is 781. The molecule has 7 heteroatoms. The van der Waals surface area contributed by atoms with Gasteiger partial charge in [0.05, 0.1) is 6.42 Å². The Balaban J connectivity index is 1.32. The third kappa shape index (κ3) is 3.92. The first-order chi connectivity index (χ1) is 12.8. The number of nitrogens with one attached hydrogen (secondary N) is 1. The van der Waals surface area contributed by atoms with Gasteiger partial charge in [0.25, 0.3) is 5.89 Å². The molecule has 1 amide bonds. The van der Waals surface area contributed by atoms with E-state index >= 15 is 0 Å². The van der Waals surface area contributed by atoms with Gasteiger partial charge in [-0.3, -0.25) is 4.79 Å². The second-order valence-electron chi connectivity index (χ2n) is 6.84. The molecule has 1 aliphatic heterocycles. The molecule has 1 aromatic heterocycles. The lowest BCUT2D eigenvalue weighted by Gasteiger charge is -2.22. The zero-order chi connectivity index (χ0) is 17.8. The van der Waals surface area contributed by atoms with Crippen molar-refractivity contribution >= 4 is 11.6 Å². The first-order valence-electron chi connectivity index (χ1n) is 9.18. The minimum absolute atomic E-state index is 0.0592. The first-order valence-corrected chi connectivity index (χ1v) is 9.18. The third-order valence-electron chi connectivity index (χ3n) is 4.84. The van der Waals surface area contributed by atoms with Gasteiger partial charge < -0.3 is 14.7 Å². The Labute approximate surface area is 151 Å². The van der Waals surface area contributed by atoms with Gasteiger partial charge in [-0.2, -0.15) is 4.98 Å². The van der Waals surface area contributed by atoms with Gasteiger partial charge in [0.15, 0.2) is 11.9 Å². The number of carbonyl (C=O) groups excluding carboxylic acids is 1. The molecule has 136 valence electrons. The first kappa shape index (κ1) is 16.8. The van der Waals surface area contributed by atoms with Crippen molar-refractivity contribution in [3.05, 3.63) is 47.6 Å². The van der Waals surface area contributed by atoms with E-state index in [2.05, 4.69) is 20.6 Å². The molecule has 2 heterocycles. The number of carbonyl (C=O) groups is 1. The van der Waals surface area contributed by atoms with E-state index in [1.54, 1.807) is 0 Å². The fourth-order valence-electron chi connectivity index (χ4n) is 3.46. The lowest BCUT2D eigenvalue weighted by atomic mass is 9.95. The summed E-state index contributed by atoms with van der Waals surface area (Å²) in [7, 11) is 0. The molecule has 1 N–H and O–H groups in total. The van der Waals surface area contributed by atoms with Crippen LogP contribution in [0.4, 0.5) is 0 Å². The van der Waals surface area contributed by atoms with Crippen LogP contribution in [-0.2, 0) is 16.1 Å². The monoisotopic (exact) mass is 354 g/mol. The summed E-state index contributed by atoms with van der Waals surface area (Å²) in [4.78, 5) is 21.9. The smallest absolute Gasteiger partial charge is 0.275 e. The molecule has 1 aromatic carbocycles. The average molecular weight is 354 g/mol. The van der Waals surface area contributed by atoms with E-state index in [0.29, 0.717) is 23.8 Å². The minimum Gasteiger partial charge on any atom is -0.387 e. The minimum atomic E-state index is -0.142. The molecule has 26 heavy (non-hydrogen) atoms. The number of benzene rings is 1. The molecule has 1 saturated carbocycles. The Morgan fingerprint density at radius 2 is 1.96 bits per heavy atom. The van der Waals surface area contributed by atoms with E-state index in [4.69, 9.17) is 9.36 Å². The van der Waals surface area contributed by atoms with Crippen LogP contribution in [0.15, 0.2) is 40.0 Å². The van der Waals surface area contributed by atoms with Crippen LogP contribution in [0.2, 0.25) is 0 Å². The van der Waals surface area contributed by atoms with Crippen LogP contribution >= 0.6 is 0 Å². The largest absolute Gasteiger partial charge is 0.387 e. The van der Waals surface area contributed by atoms with Gasteiger partial charge >= 0.3 is 0 Å². The Hall–Kier alpha value is -2.70. The second-order valence-corrected chi connectivity index (χ2v) is 6.84. The molecule has 1 atom stereocenters. The predicted octanol–water partition coefficient (Wildman–Crippen LogP) is 2.93. The van der Waals surface area contributed by atoms with E-state index < -0.39 is 0 Å². The third-order valence-corrected chi connectivity index (χ3v) is 4.84. The molecule has 2 aliphatic rings. The number of amides is 1. The van der Waals surface area contributed by atoms with E-state index in [1.807, 2.05) is 30.3 Å². The second kappa shape index (κ2) is 7.68. The summed E-state index contributed by atoms with van der Waals surface area (Å²) in [5.41, 5.74) is 1.67. The predicted molar refractivity (Wildman–Crippen MR) is 94.4 cm³/mol. The van der Waals surface area contributed by atoms with Crippen LogP contribution in [-0.4, -0.2) is 27.8 Å². The molecule has 0 saturated heterocycles. The highest BCUT2D eigenvalue weighted by Crippen LogP contribution is 2.28. The number of nitrogens with zero attached hydrogens (tertiary/aromatic N) is 3. The van der Waals surface area contributed by atoms with Crippen molar-refractivity contribution in [1.29, 1.82) is 0 Å². The lowest BCUT2D eigenvalue weighted by Crippen LogP contribution is -2.37. The van der Waals surface area contributed by atoms with Crippen LogP contribution in [0, 0.1) is 0 Å². The Morgan fingerprint density at radius 3 is 2.77 bits per heavy atom. The van der Waals surface area contributed by atoms with Crippen LogP contribution in [0.5, 0.6) is 0 Å². The van der Waals surface area contributed by atoms with Gasteiger partial charge in [0.1, 0.15) is 5.71 Å². The number of hydrogen-bond acceptors (Lipinski definition) is 6. The standard InChI is InChI=1S/C19H22N4O3/c24-18(20-14-9-5-2-6-10-14)12-17-21-19(26-23-17)15-11-16(25-22-15)13-7-3-1-4-8-13/h1,3-4,7-8,14,16H,2,5-6,9-12H2,(H,20,24)/t16-/m0/s1. The quantitative estimate of drug-likeness (QED) is 0.892. The highest BCUT2D eigenvalue weighted by molar-refractivity contribution is 5.97. The van der Waals surface area contributed by atoms with Crippen molar-refractivity contribution in [3.8, 4) is 0 Å².